The molecule has 1 heterocycles. The van der Waals surface area contributed by atoms with Gasteiger partial charge in [0.05, 0.1) is 11.6 Å². The molecule has 0 amide bonds. The zero-order valence-corrected chi connectivity index (χ0v) is 14.2. The lowest BCUT2D eigenvalue weighted by Crippen LogP contribution is -2.39. The lowest BCUT2D eigenvalue weighted by Gasteiger charge is -2.25. The molecular formula is C19H21ClN2O2. The Bertz CT molecular complexity index is 723. The highest BCUT2D eigenvalue weighted by atomic mass is 35.5. The first kappa shape index (κ1) is 15.7. The van der Waals surface area contributed by atoms with Crippen molar-refractivity contribution in [1.29, 1.82) is 0 Å². The summed E-state index contributed by atoms with van der Waals surface area (Å²) < 4.78 is 0. The standard InChI is InChI=1S/C19H21ClN2O2/c20-13-7-5-11(6-8-13)12-9-16(23)18(17(24)10-12)19-21-14-3-1-2-4-15(14)22-19/h5-8,12,14-15,23H,1-4,9-10H2,(H,21,22). The Morgan fingerprint density at radius 1 is 1.12 bits per heavy atom. The molecule has 2 N–H and O–H groups in total. The van der Waals surface area contributed by atoms with Crippen LogP contribution in [0, 0.1) is 0 Å². The van der Waals surface area contributed by atoms with Crippen LogP contribution in [-0.4, -0.2) is 28.8 Å². The molecule has 4 nitrogen and oxygen atoms in total. The van der Waals surface area contributed by atoms with Crippen LogP contribution in [0.4, 0.5) is 0 Å². The summed E-state index contributed by atoms with van der Waals surface area (Å²) in [7, 11) is 0. The Morgan fingerprint density at radius 3 is 2.58 bits per heavy atom. The molecule has 1 aromatic carbocycles. The molecule has 5 heteroatoms. The molecule has 2 aliphatic carbocycles. The van der Waals surface area contributed by atoms with Crippen LogP contribution in [0.5, 0.6) is 0 Å². The Labute approximate surface area is 146 Å². The van der Waals surface area contributed by atoms with E-state index >= 15 is 0 Å². The van der Waals surface area contributed by atoms with Gasteiger partial charge in [0.25, 0.3) is 0 Å². The number of hydrogen-bond acceptors (Lipinski definition) is 4. The number of carbonyl (C=O) groups excluding carboxylic acids is 1. The zero-order valence-electron chi connectivity index (χ0n) is 13.5. The van der Waals surface area contributed by atoms with E-state index in [1.54, 1.807) is 0 Å². The second kappa shape index (κ2) is 6.25. The highest BCUT2D eigenvalue weighted by molar-refractivity contribution is 6.30. The quantitative estimate of drug-likeness (QED) is 0.855. The molecule has 1 aliphatic heterocycles. The number of aliphatic imine (C=N–C) groups is 1. The number of carbonyl (C=O) groups is 1. The van der Waals surface area contributed by atoms with E-state index in [4.69, 9.17) is 16.6 Å². The number of aliphatic hydroxyl groups is 1. The molecule has 126 valence electrons. The topological polar surface area (TPSA) is 61.7 Å². The molecule has 24 heavy (non-hydrogen) atoms. The molecule has 3 atom stereocenters. The largest absolute Gasteiger partial charge is 0.511 e. The fourth-order valence-electron chi connectivity index (χ4n) is 4.08. The van der Waals surface area contributed by atoms with Crippen molar-refractivity contribution in [3.8, 4) is 0 Å². The summed E-state index contributed by atoms with van der Waals surface area (Å²) in [5.74, 6) is 0.756. The first-order chi connectivity index (χ1) is 11.6. The molecule has 4 rings (SSSR count). The molecule has 1 aromatic rings. The zero-order chi connectivity index (χ0) is 16.7. The SMILES string of the molecule is O=C1CC(c2ccc(Cl)cc2)CC(O)=C1C1=NC2CCCCC2N1. The van der Waals surface area contributed by atoms with Crippen LogP contribution in [0.1, 0.15) is 50.0 Å². The summed E-state index contributed by atoms with van der Waals surface area (Å²) in [6.07, 6.45) is 5.42. The summed E-state index contributed by atoms with van der Waals surface area (Å²) in [6.45, 7) is 0. The minimum absolute atomic E-state index is 0.00259. The fraction of sp³-hybridized carbons (Fsp3) is 0.474. The van der Waals surface area contributed by atoms with Crippen LogP contribution >= 0.6 is 11.6 Å². The van der Waals surface area contributed by atoms with E-state index in [0.29, 0.717) is 35.3 Å². The molecule has 1 saturated carbocycles. The number of Topliss-reactive ketones (excluding diaryl/α,β-unsaturated/α-hetero) is 1. The Hall–Kier alpha value is -1.81. The third kappa shape index (κ3) is 2.84. The first-order valence-corrected chi connectivity index (χ1v) is 9.05. The number of halogens is 1. The van der Waals surface area contributed by atoms with Crippen LogP contribution in [0.3, 0.4) is 0 Å². The van der Waals surface area contributed by atoms with Gasteiger partial charge in [-0.1, -0.05) is 36.6 Å². The van der Waals surface area contributed by atoms with E-state index in [2.05, 4.69) is 5.32 Å². The second-order valence-corrected chi connectivity index (χ2v) is 7.42. The molecule has 0 radical (unpaired) electrons. The summed E-state index contributed by atoms with van der Waals surface area (Å²) >= 11 is 5.93. The third-order valence-electron chi connectivity index (χ3n) is 5.36. The molecule has 0 aromatic heterocycles. The van der Waals surface area contributed by atoms with Crippen LogP contribution in [-0.2, 0) is 4.79 Å². The molecule has 3 aliphatic rings. The Morgan fingerprint density at radius 2 is 1.88 bits per heavy atom. The van der Waals surface area contributed by atoms with E-state index in [1.807, 2.05) is 24.3 Å². The highest BCUT2D eigenvalue weighted by Gasteiger charge is 2.37. The number of ketones is 1. The number of hydrogen-bond donors (Lipinski definition) is 2. The monoisotopic (exact) mass is 344 g/mol. The van der Waals surface area contributed by atoms with Crippen LogP contribution in [0.2, 0.25) is 5.02 Å². The van der Waals surface area contributed by atoms with Gasteiger partial charge in [-0.15, -0.1) is 0 Å². The Kier molecular flexibility index (Phi) is 4.09. The van der Waals surface area contributed by atoms with Crippen molar-refractivity contribution >= 4 is 23.2 Å². The maximum absolute atomic E-state index is 12.7. The smallest absolute Gasteiger partial charge is 0.170 e. The predicted octanol–water partition coefficient (Wildman–Crippen LogP) is 3.91. The number of nitrogens with one attached hydrogen (secondary N) is 1. The van der Waals surface area contributed by atoms with Gasteiger partial charge in [-0.2, -0.15) is 0 Å². The molecule has 0 saturated heterocycles. The van der Waals surface area contributed by atoms with Crippen LogP contribution in [0.15, 0.2) is 40.6 Å². The van der Waals surface area contributed by atoms with E-state index in [0.717, 1.165) is 18.4 Å². The summed E-state index contributed by atoms with van der Waals surface area (Å²) in [4.78, 5) is 17.4. The number of rotatable bonds is 2. The summed E-state index contributed by atoms with van der Waals surface area (Å²) in [6, 6.07) is 8.10. The minimum atomic E-state index is -0.0244. The van der Waals surface area contributed by atoms with E-state index in [9.17, 15) is 9.90 Å². The minimum Gasteiger partial charge on any atom is -0.511 e. The van der Waals surface area contributed by atoms with Crippen molar-refractivity contribution < 1.29 is 9.90 Å². The fourth-order valence-corrected chi connectivity index (χ4v) is 4.21. The number of aliphatic hydroxyl groups excluding tert-OH is 1. The van der Waals surface area contributed by atoms with Gasteiger partial charge in [-0.25, -0.2) is 0 Å². The lowest BCUT2D eigenvalue weighted by atomic mass is 9.82. The van der Waals surface area contributed by atoms with Gasteiger partial charge in [0.2, 0.25) is 0 Å². The maximum Gasteiger partial charge on any atom is 0.170 e. The average Bonchev–Trinajstić information content (AvgIpc) is 2.98. The molecular weight excluding hydrogens is 324 g/mol. The molecule has 1 fully saturated rings. The van der Waals surface area contributed by atoms with Gasteiger partial charge in [0.15, 0.2) is 5.78 Å². The first-order valence-electron chi connectivity index (χ1n) is 8.67. The maximum atomic E-state index is 12.7. The number of amidine groups is 1. The lowest BCUT2D eigenvalue weighted by molar-refractivity contribution is -0.116. The Balaban J connectivity index is 1.57. The van der Waals surface area contributed by atoms with Gasteiger partial charge in [-0.3, -0.25) is 9.79 Å². The number of fused-ring (bicyclic) bond motifs is 1. The molecule has 3 unspecified atom stereocenters. The van der Waals surface area contributed by atoms with Crippen molar-refractivity contribution in [3.63, 3.8) is 0 Å². The predicted molar refractivity (Wildman–Crippen MR) is 94.7 cm³/mol. The van der Waals surface area contributed by atoms with Gasteiger partial charge in [0.1, 0.15) is 11.6 Å². The van der Waals surface area contributed by atoms with E-state index in [-0.39, 0.29) is 23.5 Å². The third-order valence-corrected chi connectivity index (χ3v) is 5.62. The second-order valence-electron chi connectivity index (χ2n) is 6.98. The van der Waals surface area contributed by atoms with Crippen LogP contribution < -0.4 is 5.32 Å². The normalized spacial score (nSPS) is 30.0. The number of nitrogens with zero attached hydrogens (tertiary/aromatic N) is 1. The van der Waals surface area contributed by atoms with Gasteiger partial charge < -0.3 is 10.4 Å². The summed E-state index contributed by atoms with van der Waals surface area (Å²) in [5, 5.41) is 14.6. The van der Waals surface area contributed by atoms with E-state index < -0.39 is 0 Å². The number of allylic oxidation sites excluding steroid dienone is 1. The van der Waals surface area contributed by atoms with Gasteiger partial charge in [0, 0.05) is 23.9 Å². The molecule has 0 spiro atoms. The number of benzene rings is 1. The van der Waals surface area contributed by atoms with Crippen LogP contribution in [0.25, 0.3) is 0 Å². The van der Waals surface area contributed by atoms with E-state index in [1.165, 1.54) is 12.8 Å². The van der Waals surface area contributed by atoms with Gasteiger partial charge >= 0.3 is 0 Å². The van der Waals surface area contributed by atoms with Crippen molar-refractivity contribution in [2.24, 2.45) is 4.99 Å². The van der Waals surface area contributed by atoms with Crippen molar-refractivity contribution in [2.45, 2.75) is 56.5 Å². The summed E-state index contributed by atoms with van der Waals surface area (Å²) in [5.41, 5.74) is 1.45. The molecule has 0 bridgehead atoms. The van der Waals surface area contributed by atoms with Crippen molar-refractivity contribution in [2.75, 3.05) is 0 Å². The van der Waals surface area contributed by atoms with Gasteiger partial charge in [-0.05, 0) is 36.5 Å². The average molecular weight is 345 g/mol. The highest BCUT2D eigenvalue weighted by Crippen LogP contribution is 2.36. The van der Waals surface area contributed by atoms with Crippen molar-refractivity contribution in [3.05, 3.63) is 46.2 Å². The van der Waals surface area contributed by atoms with Crippen molar-refractivity contribution in [1.82, 2.24) is 5.32 Å².